The lowest BCUT2D eigenvalue weighted by atomic mass is 10.2. The molecule has 1 heterocycles. The van der Waals surface area contributed by atoms with Crippen LogP contribution in [0.15, 0.2) is 10.6 Å². The van der Waals surface area contributed by atoms with E-state index in [1.54, 1.807) is 7.11 Å². The van der Waals surface area contributed by atoms with Crippen LogP contribution in [0.5, 0.6) is 0 Å². The maximum absolute atomic E-state index is 10.6. The molecule has 1 aliphatic carbocycles. The summed E-state index contributed by atoms with van der Waals surface area (Å²) < 4.78 is 10.3. The van der Waals surface area contributed by atoms with E-state index >= 15 is 0 Å². The van der Waals surface area contributed by atoms with E-state index in [-0.39, 0.29) is 11.8 Å². The Bertz CT molecular complexity index is 391. The van der Waals surface area contributed by atoms with Crippen LogP contribution in [-0.2, 0) is 11.3 Å². The van der Waals surface area contributed by atoms with Crippen LogP contribution in [0.3, 0.4) is 0 Å². The van der Waals surface area contributed by atoms with Crippen LogP contribution < -0.4 is 5.32 Å². The number of aromatic nitrogens is 1. The second kappa shape index (κ2) is 5.29. The Morgan fingerprint density at radius 2 is 2.53 bits per heavy atom. The van der Waals surface area contributed by atoms with Gasteiger partial charge in [0.1, 0.15) is 0 Å². The molecule has 1 aromatic rings. The first kappa shape index (κ1) is 12.1. The molecule has 2 N–H and O–H groups in total. The highest BCUT2D eigenvalue weighted by Gasteiger charge is 2.26. The number of methoxy groups -OCH3 is 1. The molecule has 17 heavy (non-hydrogen) atoms. The predicted octanol–water partition coefficient (Wildman–Crippen LogP) is 1.03. The molecule has 0 aliphatic heterocycles. The van der Waals surface area contributed by atoms with Crippen LogP contribution in [0.2, 0.25) is 0 Å². The van der Waals surface area contributed by atoms with Crippen LogP contribution in [-0.4, -0.2) is 35.5 Å². The fourth-order valence-electron chi connectivity index (χ4n) is 2.17. The molecule has 0 spiro atoms. The Labute approximate surface area is 98.9 Å². The third-order valence-corrected chi connectivity index (χ3v) is 3.07. The zero-order valence-corrected chi connectivity index (χ0v) is 9.68. The van der Waals surface area contributed by atoms with Crippen molar-refractivity contribution in [2.75, 3.05) is 7.11 Å². The highest BCUT2D eigenvalue weighted by molar-refractivity contribution is 5.85. The first-order valence-electron chi connectivity index (χ1n) is 5.65. The van der Waals surface area contributed by atoms with Gasteiger partial charge in [0, 0.05) is 19.2 Å². The van der Waals surface area contributed by atoms with E-state index in [4.69, 9.17) is 14.4 Å². The molecule has 0 radical (unpaired) electrons. The molecule has 6 heteroatoms. The number of carboxylic acids is 1. The number of nitrogens with zero attached hydrogens (tertiary/aromatic N) is 1. The molecule has 2 rings (SSSR count). The van der Waals surface area contributed by atoms with Crippen LogP contribution in [0.25, 0.3) is 0 Å². The molecule has 2 unspecified atom stereocenters. The summed E-state index contributed by atoms with van der Waals surface area (Å²) in [5.41, 5.74) is -0.0588. The third kappa shape index (κ3) is 2.83. The van der Waals surface area contributed by atoms with Crippen LogP contribution in [0.4, 0.5) is 0 Å². The lowest BCUT2D eigenvalue weighted by Crippen LogP contribution is -2.36. The zero-order chi connectivity index (χ0) is 12.3. The normalized spacial score (nSPS) is 24.1. The smallest absolute Gasteiger partial charge is 0.358 e. The van der Waals surface area contributed by atoms with Gasteiger partial charge in [-0.1, -0.05) is 5.16 Å². The summed E-state index contributed by atoms with van der Waals surface area (Å²) in [6.07, 6.45) is 3.51. The molecule has 6 nitrogen and oxygen atoms in total. The van der Waals surface area contributed by atoms with Gasteiger partial charge < -0.3 is 19.7 Å². The van der Waals surface area contributed by atoms with Gasteiger partial charge in [0.05, 0.1) is 12.6 Å². The number of hydrogen-bond acceptors (Lipinski definition) is 5. The molecule has 1 aliphatic rings. The summed E-state index contributed by atoms with van der Waals surface area (Å²) in [5, 5.41) is 15.4. The summed E-state index contributed by atoms with van der Waals surface area (Å²) in [6, 6.07) is 1.74. The summed E-state index contributed by atoms with van der Waals surface area (Å²) in [6.45, 7) is 0.477. The van der Waals surface area contributed by atoms with Crippen molar-refractivity contribution in [3.05, 3.63) is 17.5 Å². The SMILES string of the molecule is COC1CCCC1NCc1cc(C(=O)O)no1. The van der Waals surface area contributed by atoms with E-state index in [9.17, 15) is 4.79 Å². The number of rotatable bonds is 5. The minimum atomic E-state index is -1.07. The van der Waals surface area contributed by atoms with Gasteiger partial charge in [0.2, 0.25) is 0 Å². The van der Waals surface area contributed by atoms with Crippen molar-refractivity contribution in [3.8, 4) is 0 Å². The van der Waals surface area contributed by atoms with Gasteiger partial charge in [0.25, 0.3) is 0 Å². The zero-order valence-electron chi connectivity index (χ0n) is 9.68. The Kier molecular flexibility index (Phi) is 3.75. The van der Waals surface area contributed by atoms with Gasteiger partial charge in [-0.3, -0.25) is 0 Å². The quantitative estimate of drug-likeness (QED) is 0.799. The van der Waals surface area contributed by atoms with Crippen molar-refractivity contribution < 1.29 is 19.2 Å². The van der Waals surface area contributed by atoms with Gasteiger partial charge in [-0.15, -0.1) is 0 Å². The minimum Gasteiger partial charge on any atom is -0.476 e. The van der Waals surface area contributed by atoms with Gasteiger partial charge in [-0.2, -0.15) is 0 Å². The number of carbonyl (C=O) groups is 1. The highest BCUT2D eigenvalue weighted by Crippen LogP contribution is 2.21. The number of ether oxygens (including phenoxy) is 1. The molecule has 1 fully saturated rings. The van der Waals surface area contributed by atoms with Gasteiger partial charge in [-0.05, 0) is 19.3 Å². The molecule has 0 saturated heterocycles. The van der Waals surface area contributed by atoms with E-state index < -0.39 is 5.97 Å². The maximum atomic E-state index is 10.6. The van der Waals surface area contributed by atoms with Gasteiger partial charge in [-0.25, -0.2) is 4.79 Å². The molecule has 0 amide bonds. The Balaban J connectivity index is 1.86. The number of carboxylic acid groups (broad SMARTS) is 1. The minimum absolute atomic E-state index is 0.0588. The van der Waals surface area contributed by atoms with Crippen molar-refractivity contribution in [1.82, 2.24) is 10.5 Å². The molecule has 0 aromatic carbocycles. The molecule has 94 valence electrons. The molecular weight excluding hydrogens is 224 g/mol. The van der Waals surface area contributed by atoms with E-state index in [1.807, 2.05) is 0 Å². The monoisotopic (exact) mass is 240 g/mol. The van der Waals surface area contributed by atoms with Crippen LogP contribution in [0.1, 0.15) is 35.5 Å². The Hall–Kier alpha value is -1.40. The lowest BCUT2D eigenvalue weighted by Gasteiger charge is -2.18. The second-order valence-electron chi connectivity index (χ2n) is 4.18. The Morgan fingerprint density at radius 3 is 3.18 bits per heavy atom. The first-order chi connectivity index (χ1) is 8.20. The van der Waals surface area contributed by atoms with E-state index in [0.29, 0.717) is 18.3 Å². The molecule has 1 aromatic heterocycles. The Morgan fingerprint density at radius 1 is 1.71 bits per heavy atom. The molecule has 1 saturated carbocycles. The van der Waals surface area contributed by atoms with Gasteiger partial charge in [0.15, 0.2) is 11.5 Å². The number of hydrogen-bond donors (Lipinski definition) is 2. The van der Waals surface area contributed by atoms with Crippen molar-refractivity contribution in [3.63, 3.8) is 0 Å². The summed E-state index contributed by atoms with van der Waals surface area (Å²) >= 11 is 0. The fraction of sp³-hybridized carbons (Fsp3) is 0.636. The largest absolute Gasteiger partial charge is 0.476 e. The standard InChI is InChI=1S/C11H16N2O4/c1-16-10-4-2-3-8(10)12-6-7-5-9(11(14)15)13-17-7/h5,8,10,12H,2-4,6H2,1H3,(H,14,15). The topological polar surface area (TPSA) is 84.6 Å². The van der Waals surface area contributed by atoms with Crippen LogP contribution >= 0.6 is 0 Å². The number of aromatic carboxylic acids is 1. The predicted molar refractivity (Wildman–Crippen MR) is 58.7 cm³/mol. The van der Waals surface area contributed by atoms with E-state index in [1.165, 1.54) is 6.07 Å². The summed E-state index contributed by atoms with van der Waals surface area (Å²) in [4.78, 5) is 10.6. The lowest BCUT2D eigenvalue weighted by molar-refractivity contribution is 0.0685. The average molecular weight is 240 g/mol. The average Bonchev–Trinajstić information content (AvgIpc) is 2.95. The number of nitrogens with one attached hydrogen (secondary N) is 1. The van der Waals surface area contributed by atoms with Crippen molar-refractivity contribution in [2.24, 2.45) is 0 Å². The summed E-state index contributed by atoms with van der Waals surface area (Å²) in [7, 11) is 1.71. The van der Waals surface area contributed by atoms with Gasteiger partial charge >= 0.3 is 5.97 Å². The maximum Gasteiger partial charge on any atom is 0.358 e. The van der Waals surface area contributed by atoms with Crippen LogP contribution in [0, 0.1) is 0 Å². The highest BCUT2D eigenvalue weighted by atomic mass is 16.5. The molecular formula is C11H16N2O4. The third-order valence-electron chi connectivity index (χ3n) is 3.07. The molecule has 2 atom stereocenters. The molecule has 0 bridgehead atoms. The van der Waals surface area contributed by atoms with Crippen molar-refractivity contribution >= 4 is 5.97 Å². The van der Waals surface area contributed by atoms with Crippen molar-refractivity contribution in [1.29, 1.82) is 0 Å². The first-order valence-corrected chi connectivity index (χ1v) is 5.65. The van der Waals surface area contributed by atoms with E-state index in [0.717, 1.165) is 19.3 Å². The van der Waals surface area contributed by atoms with Crippen molar-refractivity contribution in [2.45, 2.75) is 38.0 Å². The summed E-state index contributed by atoms with van der Waals surface area (Å²) in [5.74, 6) is -0.542. The van der Waals surface area contributed by atoms with E-state index in [2.05, 4.69) is 10.5 Å². The second-order valence-corrected chi connectivity index (χ2v) is 4.18. The fourth-order valence-corrected chi connectivity index (χ4v) is 2.17.